The number of rotatable bonds is 4. The zero-order valence-electron chi connectivity index (χ0n) is 12.2. The van der Waals surface area contributed by atoms with Crippen molar-refractivity contribution in [1.29, 1.82) is 5.26 Å². The summed E-state index contributed by atoms with van der Waals surface area (Å²) in [4.78, 5) is 4.04. The zero-order valence-corrected chi connectivity index (χ0v) is 12.2. The van der Waals surface area contributed by atoms with Gasteiger partial charge in [-0.1, -0.05) is 18.2 Å². The summed E-state index contributed by atoms with van der Waals surface area (Å²) in [6.07, 6.45) is 5.53. The molecule has 0 amide bonds. The molecule has 3 rings (SSSR count). The van der Waals surface area contributed by atoms with Crippen molar-refractivity contribution < 1.29 is 0 Å². The first kappa shape index (κ1) is 13.8. The molecule has 0 bridgehead atoms. The molecule has 0 spiro atoms. The van der Waals surface area contributed by atoms with Gasteiger partial charge >= 0.3 is 0 Å². The van der Waals surface area contributed by atoms with E-state index in [1.807, 2.05) is 37.6 Å². The standard InChI is InChI=1S/C17H15N5/c1-22-12-15(10-21-22)14-4-2-3-13(7-14)9-19-17-6-5-16(8-18)20-11-17/h2-7,10-12,19H,9H2,1H3. The molecule has 3 aromatic rings. The number of anilines is 1. The number of nitrogens with zero attached hydrogens (tertiary/aromatic N) is 4. The Bertz CT molecular complexity index is 812. The number of benzene rings is 1. The minimum absolute atomic E-state index is 0.420. The molecular weight excluding hydrogens is 274 g/mol. The highest BCUT2D eigenvalue weighted by Gasteiger charge is 2.02. The lowest BCUT2D eigenvalue weighted by molar-refractivity contribution is 0.768. The molecule has 22 heavy (non-hydrogen) atoms. The van der Waals surface area contributed by atoms with Crippen molar-refractivity contribution in [3.63, 3.8) is 0 Å². The fourth-order valence-corrected chi connectivity index (χ4v) is 2.20. The number of aryl methyl sites for hydroxylation is 1. The Labute approximate surface area is 128 Å². The van der Waals surface area contributed by atoms with Gasteiger partial charge in [-0.2, -0.15) is 10.4 Å². The predicted octanol–water partition coefficient (Wildman–Crippen LogP) is 2.97. The third kappa shape index (κ3) is 3.13. The molecule has 0 unspecified atom stereocenters. The number of pyridine rings is 1. The van der Waals surface area contributed by atoms with Crippen molar-refractivity contribution in [1.82, 2.24) is 14.8 Å². The molecule has 2 aromatic heterocycles. The van der Waals surface area contributed by atoms with E-state index >= 15 is 0 Å². The second kappa shape index (κ2) is 6.10. The number of hydrogen-bond donors (Lipinski definition) is 1. The van der Waals surface area contributed by atoms with E-state index in [4.69, 9.17) is 5.26 Å². The van der Waals surface area contributed by atoms with Crippen molar-refractivity contribution in [2.45, 2.75) is 6.54 Å². The Balaban J connectivity index is 1.71. The zero-order chi connectivity index (χ0) is 15.4. The molecule has 5 heteroatoms. The fourth-order valence-electron chi connectivity index (χ4n) is 2.20. The molecule has 0 radical (unpaired) electrons. The van der Waals surface area contributed by atoms with E-state index in [0.717, 1.165) is 16.8 Å². The quantitative estimate of drug-likeness (QED) is 0.802. The van der Waals surface area contributed by atoms with Gasteiger partial charge in [0.1, 0.15) is 11.8 Å². The Morgan fingerprint density at radius 3 is 2.77 bits per heavy atom. The molecule has 2 heterocycles. The van der Waals surface area contributed by atoms with Crippen LogP contribution in [0.5, 0.6) is 0 Å². The Morgan fingerprint density at radius 2 is 2.09 bits per heavy atom. The summed E-state index contributed by atoms with van der Waals surface area (Å²) in [5.74, 6) is 0. The summed E-state index contributed by atoms with van der Waals surface area (Å²) in [5, 5.41) is 16.2. The SMILES string of the molecule is Cn1cc(-c2cccc(CNc3ccc(C#N)nc3)c2)cn1. The van der Waals surface area contributed by atoms with Crippen molar-refractivity contribution in [3.05, 3.63) is 66.2 Å². The Hall–Kier alpha value is -3.13. The minimum atomic E-state index is 0.420. The summed E-state index contributed by atoms with van der Waals surface area (Å²) < 4.78 is 1.79. The average Bonchev–Trinajstić information content (AvgIpc) is 3.00. The van der Waals surface area contributed by atoms with Crippen LogP contribution in [0, 0.1) is 11.3 Å². The van der Waals surface area contributed by atoms with Crippen LogP contribution in [0.1, 0.15) is 11.3 Å². The van der Waals surface area contributed by atoms with Gasteiger partial charge in [0, 0.05) is 25.4 Å². The van der Waals surface area contributed by atoms with Gasteiger partial charge in [0.2, 0.25) is 0 Å². The smallest absolute Gasteiger partial charge is 0.140 e. The lowest BCUT2D eigenvalue weighted by atomic mass is 10.1. The van der Waals surface area contributed by atoms with Crippen LogP contribution in [0.4, 0.5) is 5.69 Å². The second-order valence-electron chi connectivity index (χ2n) is 5.00. The lowest BCUT2D eigenvalue weighted by Gasteiger charge is -2.07. The van der Waals surface area contributed by atoms with E-state index in [1.165, 1.54) is 5.56 Å². The Kier molecular flexibility index (Phi) is 3.84. The molecule has 0 aliphatic carbocycles. The molecule has 0 saturated carbocycles. The first-order chi connectivity index (χ1) is 10.7. The van der Waals surface area contributed by atoms with Gasteiger partial charge in [0.05, 0.1) is 18.1 Å². The van der Waals surface area contributed by atoms with Crippen LogP contribution < -0.4 is 5.32 Å². The van der Waals surface area contributed by atoms with E-state index in [1.54, 1.807) is 16.9 Å². The van der Waals surface area contributed by atoms with Gasteiger partial charge in [-0.05, 0) is 29.3 Å². The third-order valence-electron chi connectivity index (χ3n) is 3.34. The molecule has 5 nitrogen and oxygen atoms in total. The maximum Gasteiger partial charge on any atom is 0.140 e. The number of nitrogens with one attached hydrogen (secondary N) is 1. The minimum Gasteiger partial charge on any atom is -0.380 e. The Morgan fingerprint density at radius 1 is 1.18 bits per heavy atom. The second-order valence-corrected chi connectivity index (χ2v) is 5.00. The molecule has 0 saturated heterocycles. The summed E-state index contributed by atoms with van der Waals surface area (Å²) in [6, 6.07) is 13.9. The molecule has 108 valence electrons. The van der Waals surface area contributed by atoms with Gasteiger partial charge in [-0.3, -0.25) is 4.68 Å². The van der Waals surface area contributed by atoms with Gasteiger partial charge in [-0.25, -0.2) is 4.98 Å². The van der Waals surface area contributed by atoms with Crippen LogP contribution >= 0.6 is 0 Å². The normalized spacial score (nSPS) is 10.2. The number of aromatic nitrogens is 3. The predicted molar refractivity (Wildman–Crippen MR) is 84.9 cm³/mol. The summed E-state index contributed by atoms with van der Waals surface area (Å²) in [6.45, 7) is 0.696. The highest BCUT2D eigenvalue weighted by Crippen LogP contribution is 2.20. The van der Waals surface area contributed by atoms with Gasteiger partial charge in [0.25, 0.3) is 0 Å². The maximum atomic E-state index is 8.74. The molecular formula is C17H15N5. The van der Waals surface area contributed by atoms with E-state index in [2.05, 4.69) is 33.6 Å². The highest BCUT2D eigenvalue weighted by atomic mass is 15.2. The van der Waals surface area contributed by atoms with E-state index in [-0.39, 0.29) is 0 Å². The summed E-state index contributed by atoms with van der Waals surface area (Å²) in [5.41, 5.74) is 4.73. The van der Waals surface area contributed by atoms with Crippen molar-refractivity contribution in [3.8, 4) is 17.2 Å². The molecule has 0 atom stereocenters. The van der Waals surface area contributed by atoms with Crippen LogP contribution in [0.3, 0.4) is 0 Å². The van der Waals surface area contributed by atoms with E-state index < -0.39 is 0 Å². The molecule has 1 N–H and O–H groups in total. The van der Waals surface area contributed by atoms with Crippen LogP contribution in [-0.4, -0.2) is 14.8 Å². The van der Waals surface area contributed by atoms with Crippen molar-refractivity contribution in [2.24, 2.45) is 7.05 Å². The van der Waals surface area contributed by atoms with E-state index in [9.17, 15) is 0 Å². The van der Waals surface area contributed by atoms with Crippen LogP contribution in [0.15, 0.2) is 55.0 Å². The topological polar surface area (TPSA) is 66.5 Å². The number of nitriles is 1. The molecule has 1 aromatic carbocycles. The first-order valence-corrected chi connectivity index (χ1v) is 6.92. The fraction of sp³-hybridized carbons (Fsp3) is 0.118. The van der Waals surface area contributed by atoms with Gasteiger partial charge in [-0.15, -0.1) is 0 Å². The molecule has 0 aliphatic rings. The van der Waals surface area contributed by atoms with Crippen molar-refractivity contribution in [2.75, 3.05) is 5.32 Å². The van der Waals surface area contributed by atoms with Crippen LogP contribution in [-0.2, 0) is 13.6 Å². The van der Waals surface area contributed by atoms with Crippen LogP contribution in [0.2, 0.25) is 0 Å². The first-order valence-electron chi connectivity index (χ1n) is 6.92. The van der Waals surface area contributed by atoms with Gasteiger partial charge < -0.3 is 5.32 Å². The lowest BCUT2D eigenvalue weighted by Crippen LogP contribution is -2.00. The molecule has 0 aliphatic heterocycles. The van der Waals surface area contributed by atoms with Crippen molar-refractivity contribution >= 4 is 5.69 Å². The summed E-state index contributed by atoms with van der Waals surface area (Å²) in [7, 11) is 1.91. The van der Waals surface area contributed by atoms with E-state index in [0.29, 0.717) is 12.2 Å². The highest BCUT2D eigenvalue weighted by molar-refractivity contribution is 5.62. The van der Waals surface area contributed by atoms with Gasteiger partial charge in [0.15, 0.2) is 0 Å². The number of hydrogen-bond acceptors (Lipinski definition) is 4. The maximum absolute atomic E-state index is 8.74. The largest absolute Gasteiger partial charge is 0.380 e. The molecule has 0 fully saturated rings. The summed E-state index contributed by atoms with van der Waals surface area (Å²) >= 11 is 0. The third-order valence-corrected chi connectivity index (χ3v) is 3.34. The monoisotopic (exact) mass is 289 g/mol. The van der Waals surface area contributed by atoms with Crippen LogP contribution in [0.25, 0.3) is 11.1 Å². The average molecular weight is 289 g/mol.